The molecular formula is C21H25N3O5S. The molecule has 0 spiro atoms. The molecule has 160 valence electrons. The summed E-state index contributed by atoms with van der Waals surface area (Å²) in [6.07, 6.45) is 4.11. The lowest BCUT2D eigenvalue weighted by molar-refractivity contribution is -0.119. The first-order valence-corrected chi connectivity index (χ1v) is 10.9. The molecule has 0 aliphatic heterocycles. The van der Waals surface area contributed by atoms with Crippen LogP contribution < -0.4 is 19.2 Å². The second-order valence-corrected chi connectivity index (χ2v) is 8.27. The molecule has 0 saturated carbocycles. The van der Waals surface area contributed by atoms with E-state index in [9.17, 15) is 13.2 Å². The van der Waals surface area contributed by atoms with Crippen molar-refractivity contribution in [3.8, 4) is 11.5 Å². The predicted molar refractivity (Wildman–Crippen MR) is 118 cm³/mol. The molecule has 1 amide bonds. The quantitative estimate of drug-likeness (QED) is 0.354. The van der Waals surface area contributed by atoms with Crippen LogP contribution in [0.1, 0.15) is 11.1 Å². The second kappa shape index (κ2) is 10.4. The Kier molecular flexibility index (Phi) is 7.99. The van der Waals surface area contributed by atoms with Gasteiger partial charge in [0.15, 0.2) is 11.5 Å². The van der Waals surface area contributed by atoms with E-state index < -0.39 is 22.5 Å². The Hall–Kier alpha value is -3.33. The van der Waals surface area contributed by atoms with Crippen LogP contribution >= 0.6 is 0 Å². The lowest BCUT2D eigenvalue weighted by Gasteiger charge is -2.23. The number of hydrogen-bond acceptors (Lipinski definition) is 6. The average molecular weight is 432 g/mol. The Labute approximate surface area is 176 Å². The molecule has 0 saturated heterocycles. The summed E-state index contributed by atoms with van der Waals surface area (Å²) in [6, 6.07) is 12.1. The van der Waals surface area contributed by atoms with Crippen LogP contribution in [-0.2, 0) is 14.8 Å². The lowest BCUT2D eigenvalue weighted by atomic mass is 10.2. The summed E-state index contributed by atoms with van der Waals surface area (Å²) in [5.74, 6) is 0.494. The van der Waals surface area contributed by atoms with Gasteiger partial charge in [0.25, 0.3) is 5.91 Å². The first kappa shape index (κ1) is 23.0. The van der Waals surface area contributed by atoms with Gasteiger partial charge in [-0.1, -0.05) is 30.9 Å². The molecule has 9 heteroatoms. The molecule has 0 atom stereocenters. The number of anilines is 1. The highest BCUT2D eigenvalue weighted by Crippen LogP contribution is 2.27. The van der Waals surface area contributed by atoms with Gasteiger partial charge in [0.05, 0.1) is 25.3 Å². The molecule has 0 radical (unpaired) electrons. The number of methoxy groups -OCH3 is 1. The smallest absolute Gasteiger partial charge is 0.260 e. The Bertz CT molecular complexity index is 1030. The molecule has 2 aromatic carbocycles. The van der Waals surface area contributed by atoms with Gasteiger partial charge in [-0.3, -0.25) is 9.10 Å². The van der Waals surface area contributed by atoms with Gasteiger partial charge in [-0.05, 0) is 42.3 Å². The highest BCUT2D eigenvalue weighted by Gasteiger charge is 2.21. The molecule has 2 rings (SSSR count). The standard InChI is InChI=1S/C21H25N3O5S/c1-5-12-29-19-11-10-17(13-20(19)28-3)14-22-23-21(25)15-24(30(4,26)27)18-9-7-6-8-16(18)2/h5-11,13-14H,1,12,15H2,2-4H3,(H,23,25)/b22-14-. The minimum atomic E-state index is -3.65. The van der Waals surface area contributed by atoms with Crippen molar-refractivity contribution in [3.63, 3.8) is 0 Å². The van der Waals surface area contributed by atoms with Gasteiger partial charge in [0.2, 0.25) is 10.0 Å². The monoisotopic (exact) mass is 431 g/mol. The zero-order chi connectivity index (χ0) is 22.1. The molecule has 0 bridgehead atoms. The summed E-state index contributed by atoms with van der Waals surface area (Å²) in [7, 11) is -2.13. The van der Waals surface area contributed by atoms with Crippen molar-refractivity contribution in [1.29, 1.82) is 0 Å². The van der Waals surface area contributed by atoms with E-state index in [1.165, 1.54) is 13.3 Å². The number of rotatable bonds is 10. The highest BCUT2D eigenvalue weighted by atomic mass is 32.2. The van der Waals surface area contributed by atoms with Crippen LogP contribution in [0.25, 0.3) is 0 Å². The molecule has 8 nitrogen and oxygen atoms in total. The molecule has 0 unspecified atom stereocenters. The first-order valence-electron chi connectivity index (χ1n) is 9.03. The maximum atomic E-state index is 12.3. The lowest BCUT2D eigenvalue weighted by Crippen LogP contribution is -2.39. The van der Waals surface area contributed by atoms with Crippen LogP contribution in [0, 0.1) is 6.92 Å². The van der Waals surface area contributed by atoms with Gasteiger partial charge < -0.3 is 9.47 Å². The van der Waals surface area contributed by atoms with E-state index in [2.05, 4.69) is 17.1 Å². The Morgan fingerprint density at radius 1 is 1.23 bits per heavy atom. The van der Waals surface area contributed by atoms with E-state index in [1.54, 1.807) is 55.5 Å². The highest BCUT2D eigenvalue weighted by molar-refractivity contribution is 7.92. The van der Waals surface area contributed by atoms with Crippen LogP contribution in [-0.4, -0.2) is 47.1 Å². The van der Waals surface area contributed by atoms with Gasteiger partial charge in [-0.15, -0.1) is 0 Å². The number of hydrazone groups is 1. The summed E-state index contributed by atoms with van der Waals surface area (Å²) >= 11 is 0. The van der Waals surface area contributed by atoms with Gasteiger partial charge in [-0.2, -0.15) is 5.10 Å². The molecular weight excluding hydrogens is 406 g/mol. The number of nitrogens with zero attached hydrogens (tertiary/aromatic N) is 2. The largest absolute Gasteiger partial charge is 0.493 e. The van der Waals surface area contributed by atoms with Crippen molar-refractivity contribution in [2.24, 2.45) is 5.10 Å². The Balaban J connectivity index is 2.08. The number of amides is 1. The number of carbonyl (C=O) groups is 1. The molecule has 30 heavy (non-hydrogen) atoms. The molecule has 1 N–H and O–H groups in total. The fraction of sp³-hybridized carbons (Fsp3) is 0.238. The van der Waals surface area contributed by atoms with E-state index in [-0.39, 0.29) is 0 Å². The van der Waals surface area contributed by atoms with Crippen LogP contribution in [0.2, 0.25) is 0 Å². The molecule has 2 aromatic rings. The van der Waals surface area contributed by atoms with Crippen LogP contribution in [0.4, 0.5) is 5.69 Å². The van der Waals surface area contributed by atoms with E-state index in [4.69, 9.17) is 9.47 Å². The number of sulfonamides is 1. The van der Waals surface area contributed by atoms with Crippen LogP contribution in [0.3, 0.4) is 0 Å². The van der Waals surface area contributed by atoms with Crippen LogP contribution in [0.5, 0.6) is 11.5 Å². The number of aryl methyl sites for hydroxylation is 1. The normalized spacial score (nSPS) is 11.2. The van der Waals surface area contributed by atoms with E-state index in [1.807, 2.05) is 0 Å². The van der Waals surface area contributed by atoms with Crippen molar-refractivity contribution < 1.29 is 22.7 Å². The van der Waals surface area contributed by atoms with Gasteiger partial charge >= 0.3 is 0 Å². The second-order valence-electron chi connectivity index (χ2n) is 6.36. The minimum absolute atomic E-state index is 0.345. The third-order valence-corrected chi connectivity index (χ3v) is 5.15. The van der Waals surface area contributed by atoms with Crippen molar-refractivity contribution in [3.05, 3.63) is 66.2 Å². The third-order valence-electron chi connectivity index (χ3n) is 4.02. The van der Waals surface area contributed by atoms with Crippen molar-refractivity contribution in [2.75, 3.05) is 30.8 Å². The topological polar surface area (TPSA) is 97.3 Å². The minimum Gasteiger partial charge on any atom is -0.493 e. The van der Waals surface area contributed by atoms with Crippen molar-refractivity contribution >= 4 is 27.8 Å². The SMILES string of the molecule is C=CCOc1ccc(/C=N\NC(=O)CN(c2ccccc2C)S(C)(=O)=O)cc1OC. The van der Waals surface area contributed by atoms with Crippen LogP contribution in [0.15, 0.2) is 60.2 Å². The third kappa shape index (κ3) is 6.35. The number of ether oxygens (including phenoxy) is 2. The van der Waals surface area contributed by atoms with Gasteiger partial charge in [-0.25, -0.2) is 13.8 Å². The van der Waals surface area contributed by atoms with Crippen molar-refractivity contribution in [2.45, 2.75) is 6.92 Å². The summed E-state index contributed by atoms with van der Waals surface area (Å²) in [4.78, 5) is 12.3. The number of hydrogen-bond donors (Lipinski definition) is 1. The molecule has 0 aliphatic rings. The van der Waals surface area contributed by atoms with Gasteiger partial charge in [0.1, 0.15) is 13.2 Å². The van der Waals surface area contributed by atoms with E-state index in [0.717, 1.165) is 16.1 Å². The number of para-hydroxylation sites is 1. The fourth-order valence-electron chi connectivity index (χ4n) is 2.60. The Morgan fingerprint density at radius 2 is 1.97 bits per heavy atom. The molecule has 0 fully saturated rings. The number of carbonyl (C=O) groups excluding carboxylic acids is 1. The molecule has 0 heterocycles. The molecule has 0 aromatic heterocycles. The maximum Gasteiger partial charge on any atom is 0.260 e. The number of benzene rings is 2. The summed E-state index contributed by atoms with van der Waals surface area (Å²) in [5.41, 5.74) is 4.20. The zero-order valence-electron chi connectivity index (χ0n) is 17.2. The van der Waals surface area contributed by atoms with E-state index >= 15 is 0 Å². The first-order chi connectivity index (χ1) is 14.3. The predicted octanol–water partition coefficient (Wildman–Crippen LogP) is 2.48. The maximum absolute atomic E-state index is 12.3. The zero-order valence-corrected chi connectivity index (χ0v) is 18.0. The summed E-state index contributed by atoms with van der Waals surface area (Å²) in [6.45, 7) is 5.33. The summed E-state index contributed by atoms with van der Waals surface area (Å²) < 4.78 is 36.1. The average Bonchev–Trinajstić information content (AvgIpc) is 2.70. The van der Waals surface area contributed by atoms with E-state index in [0.29, 0.717) is 29.4 Å². The Morgan fingerprint density at radius 3 is 2.60 bits per heavy atom. The number of nitrogens with one attached hydrogen (secondary N) is 1. The van der Waals surface area contributed by atoms with Crippen molar-refractivity contribution in [1.82, 2.24) is 5.43 Å². The summed E-state index contributed by atoms with van der Waals surface area (Å²) in [5, 5.41) is 3.90. The fourth-order valence-corrected chi connectivity index (χ4v) is 3.52. The van der Waals surface area contributed by atoms with Gasteiger partial charge in [0, 0.05) is 0 Å². The molecule has 0 aliphatic carbocycles.